The molecule has 3 N–H and O–H groups in total. The summed E-state index contributed by atoms with van der Waals surface area (Å²) in [5.41, 5.74) is 4.73. The van der Waals surface area contributed by atoms with E-state index in [0.29, 0.717) is 22.2 Å². The van der Waals surface area contributed by atoms with Crippen LogP contribution in [0.2, 0.25) is 10.2 Å². The summed E-state index contributed by atoms with van der Waals surface area (Å²) >= 11 is 12.3. The number of fused-ring (bicyclic) bond motifs is 1. The third-order valence-electron chi connectivity index (χ3n) is 4.94. The Hall–Kier alpha value is -2.14. The predicted octanol–water partition coefficient (Wildman–Crippen LogP) is 5.01. The van der Waals surface area contributed by atoms with E-state index in [2.05, 4.69) is 10.3 Å². The van der Waals surface area contributed by atoms with Crippen LogP contribution in [0.25, 0.3) is 10.8 Å². The number of unbranched alkanes of at least 4 members (excludes halogenated alkanes) is 1. The average Bonchev–Trinajstić information content (AvgIpc) is 2.73. The molecule has 2 rings (SSSR count). The van der Waals surface area contributed by atoms with Gasteiger partial charge in [-0.1, -0.05) is 29.3 Å². The highest BCUT2D eigenvalue weighted by Gasteiger charge is 2.50. The molecule has 1 amide bonds. The Labute approximate surface area is 221 Å². The van der Waals surface area contributed by atoms with Crippen molar-refractivity contribution in [3.63, 3.8) is 0 Å². The third kappa shape index (κ3) is 7.44. The summed E-state index contributed by atoms with van der Waals surface area (Å²) in [6, 6.07) is 4.09. The predicted molar refractivity (Wildman–Crippen MR) is 140 cm³/mol. The van der Waals surface area contributed by atoms with Gasteiger partial charge < -0.3 is 20.5 Å². The minimum Gasteiger partial charge on any atom is -0.458 e. The number of aromatic nitrogens is 1. The van der Waals surface area contributed by atoms with Crippen molar-refractivity contribution in [2.45, 2.75) is 81.8 Å². The summed E-state index contributed by atoms with van der Waals surface area (Å²) in [7, 11) is -4.46. The highest BCUT2D eigenvalue weighted by molar-refractivity contribution is 7.93. The number of pyridine rings is 1. The zero-order chi connectivity index (χ0) is 27.5. The lowest BCUT2D eigenvalue weighted by molar-refractivity contribution is -0.158. The Bertz CT molecular complexity index is 1240. The number of hydrogen-bond acceptors (Lipinski definition) is 8. The number of carbonyl (C=O) groups excluding carboxylic acids is 2. The first-order chi connectivity index (χ1) is 16.4. The normalized spacial score (nSPS) is 14.2. The number of alkyl carbamates (subject to hydrolysis) is 1. The first-order valence-corrected chi connectivity index (χ1v) is 13.6. The topological polar surface area (TPSA) is 138 Å². The fourth-order valence-electron chi connectivity index (χ4n) is 3.26. The van der Waals surface area contributed by atoms with E-state index in [1.165, 1.54) is 24.4 Å². The van der Waals surface area contributed by atoms with E-state index in [-0.39, 0.29) is 29.4 Å². The van der Waals surface area contributed by atoms with Crippen molar-refractivity contribution >= 4 is 55.9 Å². The van der Waals surface area contributed by atoms with Crippen LogP contribution in [0.5, 0.6) is 0 Å². The van der Waals surface area contributed by atoms with Crippen LogP contribution in [0.4, 0.5) is 4.79 Å². The smallest absolute Gasteiger partial charge is 0.407 e. The number of amides is 1. The molecule has 0 radical (unpaired) electrons. The molecular formula is C24H33Cl2N3O6S. The van der Waals surface area contributed by atoms with Gasteiger partial charge in [0.1, 0.15) is 16.4 Å². The molecule has 0 fully saturated rings. The monoisotopic (exact) mass is 561 g/mol. The van der Waals surface area contributed by atoms with E-state index < -0.39 is 38.0 Å². The minimum absolute atomic E-state index is 0.0551. The van der Waals surface area contributed by atoms with E-state index >= 15 is 0 Å². The Morgan fingerprint density at radius 2 is 1.61 bits per heavy atom. The lowest BCUT2D eigenvalue weighted by atomic mass is 10.1. The highest BCUT2D eigenvalue weighted by Crippen LogP contribution is 2.34. The number of halogens is 2. The second-order valence-corrected chi connectivity index (χ2v) is 13.4. The molecule has 9 nitrogen and oxygen atoms in total. The molecule has 0 aliphatic rings. The summed E-state index contributed by atoms with van der Waals surface area (Å²) < 4.78 is 38.0. The first-order valence-electron chi connectivity index (χ1n) is 11.3. The van der Waals surface area contributed by atoms with Crippen molar-refractivity contribution in [3.8, 4) is 0 Å². The van der Waals surface area contributed by atoms with Gasteiger partial charge in [-0.25, -0.2) is 23.0 Å². The summed E-state index contributed by atoms with van der Waals surface area (Å²) in [6.45, 7) is 10.3. The van der Waals surface area contributed by atoms with E-state index in [4.69, 9.17) is 38.4 Å². The second-order valence-electron chi connectivity index (χ2n) is 10.4. The number of carbonyl (C=O) groups is 2. The van der Waals surface area contributed by atoms with Crippen LogP contribution in [-0.2, 0) is 24.1 Å². The van der Waals surface area contributed by atoms with Crippen LogP contribution in [0.1, 0.15) is 60.8 Å². The van der Waals surface area contributed by atoms with Crippen LogP contribution in [0.3, 0.4) is 0 Å². The van der Waals surface area contributed by atoms with Gasteiger partial charge in [-0.05, 0) is 72.9 Å². The van der Waals surface area contributed by atoms with Gasteiger partial charge in [-0.3, -0.25) is 0 Å². The maximum atomic E-state index is 13.7. The van der Waals surface area contributed by atoms with Crippen molar-refractivity contribution in [3.05, 3.63) is 34.6 Å². The average molecular weight is 563 g/mol. The van der Waals surface area contributed by atoms with Gasteiger partial charge >= 0.3 is 12.1 Å². The number of ether oxygens (including phenoxy) is 2. The second kappa shape index (κ2) is 11.1. The number of sulfone groups is 1. The zero-order valence-corrected chi connectivity index (χ0v) is 23.6. The minimum atomic E-state index is -4.46. The van der Waals surface area contributed by atoms with Gasteiger partial charge in [0.15, 0.2) is 0 Å². The van der Waals surface area contributed by atoms with Gasteiger partial charge in [0, 0.05) is 23.5 Å². The quantitative estimate of drug-likeness (QED) is 0.260. The molecule has 12 heteroatoms. The van der Waals surface area contributed by atoms with Crippen LogP contribution in [0, 0.1) is 0 Å². The van der Waals surface area contributed by atoms with Crippen LogP contribution >= 0.6 is 23.2 Å². The fraction of sp³-hybridized carbons (Fsp3) is 0.542. The molecule has 1 aromatic carbocycles. The summed E-state index contributed by atoms with van der Waals surface area (Å²) in [6.07, 6.45) is 1.06. The standard InChI is InChI=1S/C24H33Cl2N3O6S/c1-22(2,3)34-20(30)24(27,11-7-8-12-28-21(31)35-23(4,5)6)36(32,33)15-9-10-16-17(13-15)19(26)29-14-18(16)25/h9-10,13-14H,7-8,11-12,27H2,1-6H3,(H,28,31)/t24-/m0/s1. The molecule has 1 atom stereocenters. The maximum absolute atomic E-state index is 13.7. The summed E-state index contributed by atoms with van der Waals surface area (Å²) in [5.74, 6) is -1.08. The molecule has 1 heterocycles. The third-order valence-corrected chi connectivity index (χ3v) is 7.75. The fourth-order valence-corrected chi connectivity index (χ4v) is 5.29. The van der Waals surface area contributed by atoms with Crippen molar-refractivity contribution in [2.24, 2.45) is 5.73 Å². The molecule has 36 heavy (non-hydrogen) atoms. The van der Waals surface area contributed by atoms with Crippen molar-refractivity contribution in [2.75, 3.05) is 6.54 Å². The molecule has 200 valence electrons. The van der Waals surface area contributed by atoms with E-state index in [9.17, 15) is 18.0 Å². The summed E-state index contributed by atoms with van der Waals surface area (Å²) in [4.78, 5) is 26.3. The number of rotatable bonds is 8. The molecule has 0 saturated heterocycles. The van der Waals surface area contributed by atoms with E-state index in [1.54, 1.807) is 41.5 Å². The van der Waals surface area contributed by atoms with E-state index in [1.807, 2.05) is 0 Å². The number of nitrogens with two attached hydrogens (primary N) is 1. The van der Waals surface area contributed by atoms with Crippen LogP contribution in [0.15, 0.2) is 29.3 Å². The maximum Gasteiger partial charge on any atom is 0.407 e. The van der Waals surface area contributed by atoms with Crippen LogP contribution in [-0.4, -0.2) is 48.1 Å². The van der Waals surface area contributed by atoms with Gasteiger partial charge in [0.25, 0.3) is 0 Å². The highest BCUT2D eigenvalue weighted by atomic mass is 35.5. The van der Waals surface area contributed by atoms with E-state index in [0.717, 1.165) is 0 Å². The molecular weight excluding hydrogens is 529 g/mol. The van der Waals surface area contributed by atoms with Crippen LogP contribution < -0.4 is 11.1 Å². The SMILES string of the molecule is CC(C)(C)OC(=O)NCCCC[C@@](N)(C(=O)OC(C)(C)C)S(=O)(=O)c1ccc2c(Cl)cnc(Cl)c2c1. The molecule has 0 saturated carbocycles. The van der Waals surface area contributed by atoms with Crippen molar-refractivity contribution in [1.82, 2.24) is 10.3 Å². The molecule has 0 aliphatic carbocycles. The van der Waals surface area contributed by atoms with Crippen molar-refractivity contribution < 1.29 is 27.5 Å². The molecule has 0 aliphatic heterocycles. The number of esters is 1. The van der Waals surface area contributed by atoms with Crippen molar-refractivity contribution in [1.29, 1.82) is 0 Å². The number of hydrogen-bond donors (Lipinski definition) is 2. The van der Waals surface area contributed by atoms with Gasteiger partial charge in [0.2, 0.25) is 14.7 Å². The Morgan fingerprint density at radius 3 is 2.19 bits per heavy atom. The van der Waals surface area contributed by atoms with Gasteiger partial charge in [-0.15, -0.1) is 0 Å². The molecule has 0 unspecified atom stereocenters. The Morgan fingerprint density at radius 1 is 1.00 bits per heavy atom. The zero-order valence-electron chi connectivity index (χ0n) is 21.3. The lowest BCUT2D eigenvalue weighted by Crippen LogP contribution is -2.56. The number of nitrogens with one attached hydrogen (secondary N) is 1. The lowest BCUT2D eigenvalue weighted by Gasteiger charge is -2.31. The molecule has 1 aromatic heterocycles. The molecule has 0 bridgehead atoms. The Kier molecular flexibility index (Phi) is 9.26. The molecule has 0 spiro atoms. The largest absolute Gasteiger partial charge is 0.458 e. The first kappa shape index (κ1) is 30.1. The number of benzene rings is 1. The van der Waals surface area contributed by atoms with Gasteiger partial charge in [-0.2, -0.15) is 0 Å². The number of nitrogens with zero attached hydrogens (tertiary/aromatic N) is 1. The Balaban J connectivity index is 2.32. The van der Waals surface area contributed by atoms with Gasteiger partial charge in [0.05, 0.1) is 9.92 Å². The molecule has 2 aromatic rings. The summed E-state index contributed by atoms with van der Waals surface area (Å²) in [5, 5.41) is 3.75.